The SMILES string of the molecule is CCOc1cc(C(=O)N(C)Cc2cnn(C)c2)c([N+](=O)[O-])cc1OC. The zero-order valence-electron chi connectivity index (χ0n) is 14.6. The minimum atomic E-state index is -0.608. The van der Waals surface area contributed by atoms with Crippen LogP contribution in [0.4, 0.5) is 5.69 Å². The Morgan fingerprint density at radius 2 is 2.12 bits per heavy atom. The Morgan fingerprint density at radius 3 is 2.64 bits per heavy atom. The third-order valence-electron chi connectivity index (χ3n) is 3.53. The first kappa shape index (κ1) is 18.2. The van der Waals surface area contributed by atoms with Gasteiger partial charge in [0.2, 0.25) is 0 Å². The Hall–Kier alpha value is -3.10. The largest absolute Gasteiger partial charge is 0.493 e. The number of nitro benzene ring substituents is 1. The first-order chi connectivity index (χ1) is 11.9. The highest BCUT2D eigenvalue weighted by Gasteiger charge is 2.27. The van der Waals surface area contributed by atoms with Gasteiger partial charge in [-0.15, -0.1) is 0 Å². The number of methoxy groups -OCH3 is 1. The van der Waals surface area contributed by atoms with Crippen molar-refractivity contribution in [2.45, 2.75) is 13.5 Å². The monoisotopic (exact) mass is 348 g/mol. The van der Waals surface area contributed by atoms with Crippen LogP contribution in [-0.2, 0) is 13.6 Å². The second-order valence-electron chi connectivity index (χ2n) is 5.39. The molecule has 0 aliphatic carbocycles. The summed E-state index contributed by atoms with van der Waals surface area (Å²) < 4.78 is 12.2. The van der Waals surface area contributed by atoms with Crippen LogP contribution in [0, 0.1) is 10.1 Å². The molecule has 1 amide bonds. The molecule has 25 heavy (non-hydrogen) atoms. The Balaban J connectivity index is 2.38. The van der Waals surface area contributed by atoms with E-state index >= 15 is 0 Å². The van der Waals surface area contributed by atoms with Gasteiger partial charge >= 0.3 is 0 Å². The van der Waals surface area contributed by atoms with Crippen molar-refractivity contribution in [1.29, 1.82) is 0 Å². The number of amides is 1. The second kappa shape index (κ2) is 7.65. The quantitative estimate of drug-likeness (QED) is 0.560. The molecule has 1 aromatic carbocycles. The van der Waals surface area contributed by atoms with Gasteiger partial charge in [-0.3, -0.25) is 19.6 Å². The molecule has 1 heterocycles. The van der Waals surface area contributed by atoms with Crippen molar-refractivity contribution in [2.75, 3.05) is 20.8 Å². The standard InChI is InChI=1S/C16H20N4O5/c1-5-25-15-6-12(13(20(22)23)7-14(15)24-4)16(21)18(2)9-11-8-17-19(3)10-11/h6-8,10H,5,9H2,1-4H3. The summed E-state index contributed by atoms with van der Waals surface area (Å²) in [5.41, 5.74) is 0.434. The van der Waals surface area contributed by atoms with Crippen molar-refractivity contribution in [3.8, 4) is 11.5 Å². The predicted molar refractivity (Wildman–Crippen MR) is 89.8 cm³/mol. The van der Waals surface area contributed by atoms with Crippen molar-refractivity contribution in [2.24, 2.45) is 7.05 Å². The van der Waals surface area contributed by atoms with Crippen LogP contribution in [0.3, 0.4) is 0 Å². The number of nitrogens with zero attached hydrogens (tertiary/aromatic N) is 4. The van der Waals surface area contributed by atoms with Gasteiger partial charge < -0.3 is 14.4 Å². The van der Waals surface area contributed by atoms with Crippen LogP contribution in [0.15, 0.2) is 24.5 Å². The first-order valence-electron chi connectivity index (χ1n) is 7.59. The molecule has 1 aromatic heterocycles. The second-order valence-corrected chi connectivity index (χ2v) is 5.39. The van der Waals surface area contributed by atoms with Crippen LogP contribution >= 0.6 is 0 Å². The minimum absolute atomic E-state index is 0.0550. The van der Waals surface area contributed by atoms with E-state index in [1.807, 2.05) is 0 Å². The van der Waals surface area contributed by atoms with Crippen molar-refractivity contribution >= 4 is 11.6 Å². The maximum absolute atomic E-state index is 12.7. The summed E-state index contributed by atoms with van der Waals surface area (Å²) in [7, 11) is 4.73. The number of aromatic nitrogens is 2. The lowest BCUT2D eigenvalue weighted by molar-refractivity contribution is -0.385. The topological polar surface area (TPSA) is 99.7 Å². The van der Waals surface area contributed by atoms with E-state index in [-0.39, 0.29) is 29.3 Å². The number of rotatable bonds is 7. The molecule has 9 heteroatoms. The molecule has 0 fully saturated rings. The van der Waals surface area contributed by atoms with Crippen LogP contribution in [0.25, 0.3) is 0 Å². The van der Waals surface area contributed by atoms with Crippen LogP contribution in [0.5, 0.6) is 11.5 Å². The molecule has 0 aliphatic rings. The number of hydrogen-bond donors (Lipinski definition) is 0. The number of aryl methyl sites for hydroxylation is 1. The maximum atomic E-state index is 12.7. The average molecular weight is 348 g/mol. The van der Waals surface area contributed by atoms with E-state index in [9.17, 15) is 14.9 Å². The van der Waals surface area contributed by atoms with Gasteiger partial charge in [0.25, 0.3) is 11.6 Å². The Morgan fingerprint density at radius 1 is 1.40 bits per heavy atom. The number of carbonyl (C=O) groups is 1. The van der Waals surface area contributed by atoms with E-state index < -0.39 is 10.8 Å². The van der Waals surface area contributed by atoms with Gasteiger partial charge in [0.1, 0.15) is 5.56 Å². The van der Waals surface area contributed by atoms with Gasteiger partial charge in [-0.2, -0.15) is 5.10 Å². The smallest absolute Gasteiger partial charge is 0.286 e. The molecule has 0 saturated heterocycles. The fraction of sp³-hybridized carbons (Fsp3) is 0.375. The number of ether oxygens (including phenoxy) is 2. The number of hydrogen-bond acceptors (Lipinski definition) is 6. The highest BCUT2D eigenvalue weighted by atomic mass is 16.6. The number of benzene rings is 1. The van der Waals surface area contributed by atoms with Gasteiger partial charge in [-0.1, -0.05) is 0 Å². The van der Waals surface area contributed by atoms with E-state index in [2.05, 4.69) is 5.10 Å². The van der Waals surface area contributed by atoms with Crippen molar-refractivity contribution in [1.82, 2.24) is 14.7 Å². The molecular weight excluding hydrogens is 328 g/mol. The highest BCUT2D eigenvalue weighted by molar-refractivity contribution is 5.98. The van der Waals surface area contributed by atoms with Gasteiger partial charge in [0.15, 0.2) is 11.5 Å². The maximum Gasteiger partial charge on any atom is 0.286 e. The summed E-state index contributed by atoms with van der Waals surface area (Å²) in [5.74, 6) is 0.00731. The molecule has 0 spiro atoms. The number of nitro groups is 1. The summed E-state index contributed by atoms with van der Waals surface area (Å²) in [6, 6.07) is 2.55. The molecular formula is C16H20N4O5. The summed E-state index contributed by atoms with van der Waals surface area (Å²) >= 11 is 0. The van der Waals surface area contributed by atoms with E-state index in [0.29, 0.717) is 6.61 Å². The third kappa shape index (κ3) is 4.06. The summed E-state index contributed by atoms with van der Waals surface area (Å²) in [6.45, 7) is 2.39. The van der Waals surface area contributed by atoms with Gasteiger partial charge in [-0.25, -0.2) is 0 Å². The fourth-order valence-corrected chi connectivity index (χ4v) is 2.40. The van der Waals surface area contributed by atoms with Crippen LogP contribution < -0.4 is 9.47 Å². The first-order valence-corrected chi connectivity index (χ1v) is 7.59. The molecule has 0 unspecified atom stereocenters. The number of carbonyl (C=O) groups excluding carboxylic acids is 1. The predicted octanol–water partition coefficient (Wildman–Crippen LogP) is 2.01. The molecule has 0 atom stereocenters. The fourth-order valence-electron chi connectivity index (χ4n) is 2.40. The normalized spacial score (nSPS) is 10.4. The molecule has 0 saturated carbocycles. The van der Waals surface area contributed by atoms with Crippen molar-refractivity contribution in [3.63, 3.8) is 0 Å². The van der Waals surface area contributed by atoms with E-state index in [1.54, 1.807) is 38.1 Å². The summed E-state index contributed by atoms with van der Waals surface area (Å²) in [5, 5.41) is 15.4. The Bertz CT molecular complexity index is 787. The minimum Gasteiger partial charge on any atom is -0.493 e. The molecule has 0 bridgehead atoms. The summed E-state index contributed by atoms with van der Waals surface area (Å²) in [6.07, 6.45) is 3.41. The third-order valence-corrected chi connectivity index (χ3v) is 3.53. The average Bonchev–Trinajstić information content (AvgIpc) is 2.98. The molecule has 134 valence electrons. The molecule has 9 nitrogen and oxygen atoms in total. The molecule has 2 rings (SSSR count). The molecule has 0 aliphatic heterocycles. The van der Waals surface area contributed by atoms with Gasteiger partial charge in [0.05, 0.1) is 30.9 Å². The van der Waals surface area contributed by atoms with Gasteiger partial charge in [-0.05, 0) is 6.92 Å². The lowest BCUT2D eigenvalue weighted by Gasteiger charge is -2.17. The van der Waals surface area contributed by atoms with Crippen molar-refractivity contribution < 1.29 is 19.2 Å². The highest BCUT2D eigenvalue weighted by Crippen LogP contribution is 2.35. The van der Waals surface area contributed by atoms with Crippen molar-refractivity contribution in [3.05, 3.63) is 45.8 Å². The van der Waals surface area contributed by atoms with E-state index in [4.69, 9.17) is 9.47 Å². The van der Waals surface area contributed by atoms with E-state index in [0.717, 1.165) is 5.56 Å². The zero-order chi connectivity index (χ0) is 18.6. The van der Waals surface area contributed by atoms with Gasteiger partial charge in [0, 0.05) is 38.5 Å². The Labute approximate surface area is 144 Å². The lowest BCUT2D eigenvalue weighted by Crippen LogP contribution is -2.27. The zero-order valence-corrected chi connectivity index (χ0v) is 14.6. The molecule has 0 radical (unpaired) electrons. The molecule has 0 N–H and O–H groups in total. The van der Waals surface area contributed by atoms with E-state index in [1.165, 1.54) is 24.1 Å². The molecule has 2 aromatic rings. The Kier molecular flexibility index (Phi) is 5.58. The lowest BCUT2D eigenvalue weighted by atomic mass is 10.1. The van der Waals surface area contributed by atoms with Crippen LogP contribution in [0.2, 0.25) is 0 Å². The van der Waals surface area contributed by atoms with Crippen LogP contribution in [-0.4, -0.2) is 46.3 Å². The van der Waals surface area contributed by atoms with Crippen LogP contribution in [0.1, 0.15) is 22.8 Å². The summed E-state index contributed by atoms with van der Waals surface area (Å²) in [4.78, 5) is 24.9.